The number of hydroxylamine groups is 2. The fourth-order valence-corrected chi connectivity index (χ4v) is 14.2. The number of hydrogen-bond donors (Lipinski definition) is 7. The molecule has 3 saturated heterocycles. The highest BCUT2D eigenvalue weighted by atomic mass is 35.5. The lowest BCUT2D eigenvalue weighted by Crippen LogP contribution is -2.48. The molecule has 0 radical (unpaired) electrons. The number of amides is 5. The maximum absolute atomic E-state index is 13.0. The SMILES string of the molecule is COCCOCCOCCOCC(=O)O.COCCOCCOCCOCC(=O)ON1C(=O)CCC1=O.COCCOOCCOOCCOCC(=O)N[C@H](CC(C)C)C(=O)OCCN1CCN(c2cc(Nc3ncc(C(=O)Nc4c(C)cccc4Cl)s3)nc(C)n2)CC1.Cc1nc(Nc2ncc(C(=O)Nc3c(C)cccc3Cl)s2)cc(N2CCN(CCOC(=O)[C@H](N)CC(C)C)CC2)n1. The van der Waals surface area contributed by atoms with E-state index in [-0.39, 0.29) is 103 Å². The summed E-state index contributed by atoms with van der Waals surface area (Å²) >= 11 is 15.0. The van der Waals surface area contributed by atoms with Crippen molar-refractivity contribution in [2.45, 2.75) is 93.2 Å². The number of nitrogens with zero attached hydrogens (tertiary/aromatic N) is 11. The Kier molecular flexibility index (Phi) is 55.8. The zero-order chi connectivity index (χ0) is 98.1. The van der Waals surface area contributed by atoms with E-state index in [0.29, 0.717) is 201 Å². The maximum Gasteiger partial charge on any atom is 0.358 e. The van der Waals surface area contributed by atoms with E-state index >= 15 is 0 Å². The fraction of sp³-hybridized carbons (Fsp3) is 0.598. The van der Waals surface area contributed by atoms with Crippen LogP contribution in [0.3, 0.4) is 0 Å². The second-order valence-corrected chi connectivity index (χ2v) is 33.6. The van der Waals surface area contributed by atoms with Crippen LogP contribution in [0, 0.1) is 39.5 Å². The Labute approximate surface area is 803 Å². The van der Waals surface area contributed by atoms with Gasteiger partial charge in [-0.2, -0.15) is 0 Å². The molecular weight excluding hydrogens is 1850 g/mol. The topological polar surface area (TPSA) is 510 Å². The second kappa shape index (κ2) is 66.0. The predicted molar refractivity (Wildman–Crippen MR) is 501 cm³/mol. The van der Waals surface area contributed by atoms with Gasteiger partial charge in [0.15, 0.2) is 10.3 Å². The molecule has 0 saturated carbocycles. The standard InChI is InChI=1S/C37H53ClN8O10S.C28H37ClN8O3S.C13H21NO8.C9H18O6/c1-25(2)21-29(42-33(47)24-51-16-18-54-56-20-19-55-53-17-15-50-5)36(49)52-14-13-45-9-11-46(12-10-45)32-22-31(40-27(4)41-32)43-37-39-23-30(57-37)35(48)44-34-26(3)7-6-8-28(34)38;1-17(2)14-21(30)27(39)40-13-12-36-8-10-37(11-9-36)24-15-23(32-19(4)33-24)34-28-31-16-22(41-28)26(38)35-25-18(3)6-5-7-20(25)29;1-18-4-5-19-6-7-20-8-9-21-10-13(17)22-14-11(15)2-3-12(14)16;1-12-2-3-13-4-5-14-6-7-15-8-9(10)11/h6-8,22-23,25,29H,9-21,24H2,1-5H3,(H,42,47)(H,44,48)(H,39,40,41,43);5-7,15-17,21H,8-14,30H2,1-4H3,(H,35,38)(H,31,32,33,34);2-10H2,1H3;2-8H2,1H3,(H,10,11)/t29-;21-;;/m11../s1. The third-order valence-corrected chi connectivity index (χ3v) is 21.3. The first-order valence-corrected chi connectivity index (χ1v) is 46.3. The summed E-state index contributed by atoms with van der Waals surface area (Å²) < 4.78 is 61.1. The highest BCUT2D eigenvalue weighted by molar-refractivity contribution is 7.18. The molecule has 0 unspecified atom stereocenters. The first kappa shape index (κ1) is 114. The van der Waals surface area contributed by atoms with Gasteiger partial charge in [-0.25, -0.2) is 63.8 Å². The lowest BCUT2D eigenvalue weighted by atomic mass is 10.0. The van der Waals surface area contributed by atoms with Crippen LogP contribution in [0.5, 0.6) is 0 Å². The first-order chi connectivity index (χ1) is 65.0. The number of methoxy groups -OCH3 is 3. The highest BCUT2D eigenvalue weighted by Gasteiger charge is 2.33. The Morgan fingerprint density at radius 1 is 0.481 bits per heavy atom. The molecule has 3 fully saturated rings. The third-order valence-electron chi connectivity index (χ3n) is 18.9. The van der Waals surface area contributed by atoms with Crippen LogP contribution in [0.2, 0.25) is 10.0 Å². The molecule has 0 aliphatic carbocycles. The summed E-state index contributed by atoms with van der Waals surface area (Å²) in [6.45, 7) is 28.8. The maximum atomic E-state index is 13.0. The molecule has 3 aliphatic rings. The molecule has 5 amide bonds. The van der Waals surface area contributed by atoms with E-state index in [2.05, 4.69) is 80.9 Å². The van der Waals surface area contributed by atoms with Gasteiger partial charge in [0.1, 0.15) is 116 Å². The van der Waals surface area contributed by atoms with E-state index in [4.69, 9.17) is 110 Å². The molecule has 9 rings (SSSR count). The van der Waals surface area contributed by atoms with Crippen LogP contribution in [0.25, 0.3) is 0 Å². The number of anilines is 8. The number of hydrogen-bond acceptors (Lipinski definition) is 41. The number of para-hydroxylation sites is 2. The number of piperazine rings is 2. The number of aromatic nitrogens is 6. The van der Waals surface area contributed by atoms with E-state index in [1.165, 1.54) is 35.1 Å². The van der Waals surface area contributed by atoms with Crippen LogP contribution >= 0.6 is 45.9 Å². The number of aliphatic carboxylic acids is 1. The minimum atomic E-state index is -0.974. The Bertz CT molecular complexity index is 4480. The summed E-state index contributed by atoms with van der Waals surface area (Å²) in [6, 6.07) is 13.3. The normalized spacial score (nSPS) is 13.8. The van der Waals surface area contributed by atoms with Crippen molar-refractivity contribution in [1.82, 2.24) is 50.1 Å². The quantitative estimate of drug-likeness (QED) is 0.00649. The number of ether oxygens (including phenoxy) is 12. The third kappa shape index (κ3) is 46.9. The average Bonchev–Trinajstić information content (AvgIpc) is 1.77. The van der Waals surface area contributed by atoms with Crippen molar-refractivity contribution in [3.8, 4) is 0 Å². The van der Waals surface area contributed by atoms with Gasteiger partial charge in [0.25, 0.3) is 23.6 Å². The van der Waals surface area contributed by atoms with Gasteiger partial charge < -0.3 is 109 Å². The van der Waals surface area contributed by atoms with Gasteiger partial charge >= 0.3 is 23.9 Å². The van der Waals surface area contributed by atoms with E-state index in [9.17, 15) is 43.2 Å². The van der Waals surface area contributed by atoms with Gasteiger partial charge in [0.2, 0.25) is 5.91 Å². The van der Waals surface area contributed by atoms with Crippen LogP contribution in [-0.4, -0.2) is 354 Å². The largest absolute Gasteiger partial charge is 0.480 e. The molecule has 750 valence electrons. The molecule has 44 nitrogen and oxygen atoms in total. The van der Waals surface area contributed by atoms with E-state index < -0.39 is 47.7 Å². The monoisotopic (exact) mass is 1980 g/mol. The molecule has 0 bridgehead atoms. The summed E-state index contributed by atoms with van der Waals surface area (Å²) in [7, 11) is 4.77. The Hall–Kier alpha value is -9.61. The summed E-state index contributed by atoms with van der Waals surface area (Å²) in [5, 5.41) is 25.6. The van der Waals surface area contributed by atoms with Crippen LogP contribution in [0.4, 0.5) is 44.9 Å². The van der Waals surface area contributed by atoms with Crippen molar-refractivity contribution in [3.05, 3.63) is 103 Å². The number of carboxylic acids is 1. The van der Waals surface area contributed by atoms with Gasteiger partial charge in [-0.3, -0.25) is 38.6 Å². The number of esters is 2. The number of thiazole rings is 2. The first-order valence-electron chi connectivity index (χ1n) is 43.9. The fourth-order valence-electron chi connectivity index (χ4n) is 12.2. The van der Waals surface area contributed by atoms with Gasteiger partial charge in [-0.05, 0) is 75.6 Å². The van der Waals surface area contributed by atoms with Crippen molar-refractivity contribution in [2.24, 2.45) is 17.6 Å². The zero-order valence-electron chi connectivity index (χ0n) is 78.4. The number of carbonyl (C=O) groups excluding carboxylic acids is 8. The molecule has 8 N–H and O–H groups in total. The summed E-state index contributed by atoms with van der Waals surface area (Å²) in [6.07, 6.45) is 4.21. The van der Waals surface area contributed by atoms with Crippen LogP contribution in [0.1, 0.15) is 95.5 Å². The van der Waals surface area contributed by atoms with Gasteiger partial charge in [-0.1, -0.05) is 97.8 Å². The van der Waals surface area contributed by atoms with Crippen LogP contribution in [-0.2, 0) is 115 Å². The van der Waals surface area contributed by atoms with Crippen molar-refractivity contribution in [1.29, 1.82) is 0 Å². The molecule has 2 aromatic carbocycles. The Balaban J connectivity index is 0.000000310. The number of carbonyl (C=O) groups is 9. The van der Waals surface area contributed by atoms with Crippen molar-refractivity contribution in [3.63, 3.8) is 0 Å². The van der Waals surface area contributed by atoms with E-state index in [1.54, 1.807) is 33.5 Å². The number of benzene rings is 2. The highest BCUT2D eigenvalue weighted by Crippen LogP contribution is 2.32. The van der Waals surface area contributed by atoms with Crippen molar-refractivity contribution < 1.29 is 129 Å². The number of rotatable bonds is 59. The van der Waals surface area contributed by atoms with Crippen molar-refractivity contribution in [2.75, 3.05) is 270 Å². The Morgan fingerprint density at radius 3 is 1.29 bits per heavy atom. The molecule has 2 atom stereocenters. The molecule has 7 heterocycles. The number of nitrogens with two attached hydrogens (primary N) is 1. The minimum absolute atomic E-state index is 0.0628. The smallest absolute Gasteiger partial charge is 0.358 e. The van der Waals surface area contributed by atoms with Crippen LogP contribution in [0.15, 0.2) is 60.9 Å². The molecule has 48 heteroatoms. The summed E-state index contributed by atoms with van der Waals surface area (Å²) in [4.78, 5) is 168. The number of imide groups is 1. The molecular formula is C87H129Cl2N17O27S2. The lowest BCUT2D eigenvalue weighted by Gasteiger charge is -2.35. The van der Waals surface area contributed by atoms with Gasteiger partial charge in [0, 0.05) is 112 Å². The molecule has 0 spiro atoms. The molecule has 135 heavy (non-hydrogen) atoms. The average molecular weight is 1980 g/mol. The predicted octanol–water partition coefficient (Wildman–Crippen LogP) is 7.25. The van der Waals surface area contributed by atoms with Gasteiger partial charge in [0.05, 0.1) is 126 Å². The number of aryl methyl sites for hydroxylation is 4. The summed E-state index contributed by atoms with van der Waals surface area (Å²) in [5.74, 6) is -0.197. The Morgan fingerprint density at radius 2 is 0.867 bits per heavy atom. The van der Waals surface area contributed by atoms with Crippen LogP contribution < -0.4 is 42.1 Å². The second-order valence-electron chi connectivity index (χ2n) is 30.7. The van der Waals surface area contributed by atoms with E-state index in [0.717, 1.165) is 62.0 Å². The van der Waals surface area contributed by atoms with Crippen molar-refractivity contribution >= 4 is 144 Å². The number of nitrogens with one attached hydrogen (secondary N) is 5. The van der Waals surface area contributed by atoms with Gasteiger partial charge in [-0.15, -0.1) is 5.06 Å². The minimum Gasteiger partial charge on any atom is -0.480 e. The lowest BCUT2D eigenvalue weighted by molar-refractivity contribution is -0.343. The zero-order valence-corrected chi connectivity index (χ0v) is 81.5. The molecule has 6 aromatic rings. The van der Waals surface area contributed by atoms with E-state index in [1.807, 2.05) is 91.8 Å². The number of carboxylic acid groups (broad SMARTS) is 1. The molecule has 4 aromatic heterocycles. The number of halogens is 2. The molecule has 3 aliphatic heterocycles. The summed E-state index contributed by atoms with van der Waals surface area (Å²) in [5.41, 5.74) is 8.80.